The van der Waals surface area contributed by atoms with Crippen molar-refractivity contribution in [1.29, 1.82) is 0 Å². The molecular weight excluding hydrogens is 372 g/mol. The van der Waals surface area contributed by atoms with E-state index >= 15 is 0 Å². The predicted molar refractivity (Wildman–Crippen MR) is 108 cm³/mol. The van der Waals surface area contributed by atoms with E-state index in [2.05, 4.69) is 0 Å². The van der Waals surface area contributed by atoms with Crippen LogP contribution in [0.25, 0.3) is 0 Å². The topological polar surface area (TPSA) is 93.1 Å². The van der Waals surface area contributed by atoms with Crippen LogP contribution in [0.4, 0.5) is 0 Å². The Kier molecular flexibility index (Phi) is 7.17. The zero-order chi connectivity index (χ0) is 21.1. The van der Waals surface area contributed by atoms with Crippen molar-refractivity contribution < 1.29 is 29.3 Å². The van der Waals surface area contributed by atoms with Gasteiger partial charge in [-0.3, -0.25) is 9.59 Å². The largest absolute Gasteiger partial charge is 0.462 e. The van der Waals surface area contributed by atoms with Crippen LogP contribution in [-0.4, -0.2) is 46.6 Å². The fourth-order valence-electron chi connectivity index (χ4n) is 4.84. The number of carbonyl (C=O) groups is 2. The maximum absolute atomic E-state index is 12.4. The minimum atomic E-state index is -0.645. The first-order valence-corrected chi connectivity index (χ1v) is 10.9. The van der Waals surface area contributed by atoms with Gasteiger partial charge in [0.05, 0.1) is 24.5 Å². The molecule has 0 saturated carbocycles. The molecule has 0 amide bonds. The number of hydrogen-bond donors (Lipinski definition) is 2. The molecule has 3 aliphatic rings. The Hall–Kier alpha value is -1.66. The second-order valence-electron chi connectivity index (χ2n) is 8.91. The number of aliphatic hydroxyl groups excluding tert-OH is 2. The molecule has 162 valence electrons. The van der Waals surface area contributed by atoms with Crippen molar-refractivity contribution in [3.05, 3.63) is 23.8 Å². The third-order valence-electron chi connectivity index (χ3n) is 6.84. The van der Waals surface area contributed by atoms with E-state index in [1.807, 2.05) is 39.0 Å². The van der Waals surface area contributed by atoms with Crippen molar-refractivity contribution in [3.8, 4) is 0 Å². The van der Waals surface area contributed by atoms with E-state index in [1.54, 1.807) is 0 Å². The summed E-state index contributed by atoms with van der Waals surface area (Å²) in [4.78, 5) is 24.1. The number of cyclic esters (lactones) is 1. The van der Waals surface area contributed by atoms with Crippen molar-refractivity contribution >= 4 is 11.9 Å². The van der Waals surface area contributed by atoms with Gasteiger partial charge in [-0.1, -0.05) is 39.0 Å². The highest BCUT2D eigenvalue weighted by atomic mass is 16.5. The average molecular weight is 407 g/mol. The van der Waals surface area contributed by atoms with Gasteiger partial charge >= 0.3 is 11.9 Å². The standard InChI is InChI=1S/C23H34O6/c1-4-13(2)23(27)29-20-7-5-6-15-10-19(25)14(3)18(22(15)20)9-8-17-11-16(24)12-21(26)28-17/h5-6,10,13-14,16-20,22,24-25H,4,7-9,11-12H2,1-3H3/t13-,14+,16+,17+,18-,19+,20-,22-/m0/s1. The first-order valence-electron chi connectivity index (χ1n) is 10.9. The normalized spacial score (nSPS) is 37.9. The Balaban J connectivity index is 1.74. The SMILES string of the molecule is CC[C@H](C)C(=O)O[C@H]1CC=CC2=C[C@@H](O)[C@H](C)[C@H](CC[C@@H]3C[C@@H](O)CC(=O)O3)[C@H]21. The zero-order valence-corrected chi connectivity index (χ0v) is 17.6. The molecular formula is C23H34O6. The molecule has 1 saturated heterocycles. The van der Waals surface area contributed by atoms with E-state index in [0.717, 1.165) is 18.4 Å². The molecule has 0 unspecified atom stereocenters. The third kappa shape index (κ3) is 5.10. The second kappa shape index (κ2) is 9.43. The van der Waals surface area contributed by atoms with Crippen molar-refractivity contribution in [3.63, 3.8) is 0 Å². The lowest BCUT2D eigenvalue weighted by Crippen LogP contribution is -2.44. The Bertz CT molecular complexity index is 668. The molecule has 1 aliphatic heterocycles. The molecule has 0 radical (unpaired) electrons. The molecule has 3 rings (SSSR count). The molecule has 0 spiro atoms. The van der Waals surface area contributed by atoms with Crippen LogP contribution in [0.1, 0.15) is 59.3 Å². The Morgan fingerprint density at radius 3 is 2.79 bits per heavy atom. The molecule has 29 heavy (non-hydrogen) atoms. The Morgan fingerprint density at radius 1 is 1.34 bits per heavy atom. The summed E-state index contributed by atoms with van der Waals surface area (Å²) in [5.74, 6) is -0.537. The van der Waals surface area contributed by atoms with Crippen molar-refractivity contribution in [2.75, 3.05) is 0 Å². The van der Waals surface area contributed by atoms with Gasteiger partial charge in [-0.25, -0.2) is 0 Å². The molecule has 0 aromatic heterocycles. The van der Waals surface area contributed by atoms with Crippen molar-refractivity contribution in [2.24, 2.45) is 23.7 Å². The van der Waals surface area contributed by atoms with Crippen LogP contribution in [0.2, 0.25) is 0 Å². The quantitative estimate of drug-likeness (QED) is 0.659. The van der Waals surface area contributed by atoms with Crippen LogP contribution in [0.5, 0.6) is 0 Å². The van der Waals surface area contributed by atoms with Gasteiger partial charge in [0.2, 0.25) is 0 Å². The van der Waals surface area contributed by atoms with Crippen LogP contribution in [-0.2, 0) is 19.1 Å². The molecule has 0 bridgehead atoms. The minimum Gasteiger partial charge on any atom is -0.462 e. The Labute approximate surface area is 173 Å². The summed E-state index contributed by atoms with van der Waals surface area (Å²) < 4.78 is 11.3. The molecule has 1 fully saturated rings. The van der Waals surface area contributed by atoms with Gasteiger partial charge in [0, 0.05) is 18.8 Å². The first-order chi connectivity index (χ1) is 13.8. The van der Waals surface area contributed by atoms with Gasteiger partial charge in [-0.15, -0.1) is 0 Å². The molecule has 8 atom stereocenters. The van der Waals surface area contributed by atoms with E-state index < -0.39 is 12.2 Å². The smallest absolute Gasteiger partial charge is 0.308 e. The van der Waals surface area contributed by atoms with Crippen LogP contribution >= 0.6 is 0 Å². The summed E-state index contributed by atoms with van der Waals surface area (Å²) in [6, 6.07) is 0. The monoisotopic (exact) mass is 406 g/mol. The van der Waals surface area contributed by atoms with Gasteiger partial charge in [-0.05, 0) is 36.7 Å². The van der Waals surface area contributed by atoms with E-state index in [9.17, 15) is 19.8 Å². The lowest BCUT2D eigenvalue weighted by Gasteiger charge is -2.44. The number of allylic oxidation sites excluding steroid dienone is 1. The van der Waals surface area contributed by atoms with Crippen molar-refractivity contribution in [1.82, 2.24) is 0 Å². The van der Waals surface area contributed by atoms with Gasteiger partial charge < -0.3 is 19.7 Å². The average Bonchev–Trinajstić information content (AvgIpc) is 2.67. The zero-order valence-electron chi connectivity index (χ0n) is 17.6. The highest BCUT2D eigenvalue weighted by Crippen LogP contribution is 2.44. The lowest BCUT2D eigenvalue weighted by molar-refractivity contribution is -0.162. The summed E-state index contributed by atoms with van der Waals surface area (Å²) in [7, 11) is 0. The van der Waals surface area contributed by atoms with Gasteiger partial charge in [0.1, 0.15) is 12.2 Å². The minimum absolute atomic E-state index is 0.00395. The maximum Gasteiger partial charge on any atom is 0.308 e. The molecule has 1 heterocycles. The molecule has 2 aliphatic carbocycles. The van der Waals surface area contributed by atoms with E-state index in [0.29, 0.717) is 19.3 Å². The van der Waals surface area contributed by atoms with Crippen LogP contribution in [0.3, 0.4) is 0 Å². The fraction of sp³-hybridized carbons (Fsp3) is 0.739. The number of esters is 2. The van der Waals surface area contributed by atoms with Gasteiger partial charge in [-0.2, -0.15) is 0 Å². The third-order valence-corrected chi connectivity index (χ3v) is 6.84. The van der Waals surface area contributed by atoms with Gasteiger partial charge in [0.15, 0.2) is 0 Å². The highest BCUT2D eigenvalue weighted by molar-refractivity contribution is 5.72. The van der Waals surface area contributed by atoms with Crippen LogP contribution in [0, 0.1) is 23.7 Å². The number of aliphatic hydroxyl groups is 2. The molecule has 6 nitrogen and oxygen atoms in total. The molecule has 2 N–H and O–H groups in total. The number of rotatable bonds is 6. The summed E-state index contributed by atoms with van der Waals surface area (Å²) in [6.45, 7) is 5.88. The highest BCUT2D eigenvalue weighted by Gasteiger charge is 2.43. The van der Waals surface area contributed by atoms with Crippen molar-refractivity contribution in [2.45, 2.75) is 83.7 Å². The molecule has 0 aromatic carbocycles. The maximum atomic E-state index is 12.4. The first kappa shape index (κ1) is 22.0. The molecule has 0 aromatic rings. The van der Waals surface area contributed by atoms with Crippen LogP contribution < -0.4 is 0 Å². The summed E-state index contributed by atoms with van der Waals surface area (Å²) in [5, 5.41) is 20.4. The number of fused-ring (bicyclic) bond motifs is 1. The summed E-state index contributed by atoms with van der Waals surface area (Å²) in [6.07, 6.45) is 7.46. The Morgan fingerprint density at radius 2 is 2.10 bits per heavy atom. The number of ether oxygens (including phenoxy) is 2. The summed E-state index contributed by atoms with van der Waals surface area (Å²) in [5.41, 5.74) is 1.02. The fourth-order valence-corrected chi connectivity index (χ4v) is 4.84. The molecule has 6 heteroatoms. The number of carbonyl (C=O) groups excluding carboxylic acids is 2. The lowest BCUT2D eigenvalue weighted by atomic mass is 9.65. The number of hydrogen-bond acceptors (Lipinski definition) is 6. The summed E-state index contributed by atoms with van der Waals surface area (Å²) >= 11 is 0. The van der Waals surface area contributed by atoms with Crippen LogP contribution in [0.15, 0.2) is 23.8 Å². The van der Waals surface area contributed by atoms with Gasteiger partial charge in [0.25, 0.3) is 0 Å². The predicted octanol–water partition coefficient (Wildman–Crippen LogP) is 2.92. The van der Waals surface area contributed by atoms with E-state index in [4.69, 9.17) is 9.47 Å². The van der Waals surface area contributed by atoms with E-state index in [-0.39, 0.29) is 54.2 Å². The van der Waals surface area contributed by atoms with E-state index in [1.165, 1.54) is 0 Å². The second-order valence-corrected chi connectivity index (χ2v) is 8.91.